The first-order valence-electron chi connectivity index (χ1n) is 10.8. The zero-order valence-corrected chi connectivity index (χ0v) is 18.4. The Kier molecular flexibility index (Phi) is 6.53. The summed E-state index contributed by atoms with van der Waals surface area (Å²) in [5, 5.41) is 20.1. The van der Waals surface area contributed by atoms with Gasteiger partial charge in [0.2, 0.25) is 0 Å². The molecule has 0 bridgehead atoms. The lowest BCUT2D eigenvalue weighted by atomic mass is 10.1. The highest BCUT2D eigenvalue weighted by molar-refractivity contribution is 6.04. The van der Waals surface area contributed by atoms with Crippen LogP contribution in [-0.2, 0) is 0 Å². The molecule has 1 saturated carbocycles. The Balaban J connectivity index is 1.39. The average Bonchev–Trinajstić information content (AvgIpc) is 3.64. The van der Waals surface area contributed by atoms with Crippen molar-refractivity contribution in [2.75, 3.05) is 10.6 Å². The molecule has 0 spiro atoms. The van der Waals surface area contributed by atoms with Crippen LogP contribution in [0.15, 0.2) is 66.7 Å². The summed E-state index contributed by atoms with van der Waals surface area (Å²) < 4.78 is 13.0. The van der Waals surface area contributed by atoms with Crippen LogP contribution in [0.2, 0.25) is 0 Å². The van der Waals surface area contributed by atoms with Crippen molar-refractivity contribution >= 4 is 28.9 Å². The van der Waals surface area contributed by atoms with Crippen LogP contribution in [-0.4, -0.2) is 22.8 Å². The van der Waals surface area contributed by atoms with Crippen LogP contribution in [0, 0.1) is 15.9 Å². The summed E-state index contributed by atoms with van der Waals surface area (Å²) in [7, 11) is 0. The lowest BCUT2D eigenvalue weighted by Crippen LogP contribution is -2.26. The number of anilines is 2. The first kappa shape index (κ1) is 22.9. The van der Waals surface area contributed by atoms with E-state index >= 15 is 0 Å². The molecule has 1 aliphatic rings. The van der Waals surface area contributed by atoms with Crippen molar-refractivity contribution in [3.63, 3.8) is 0 Å². The monoisotopic (exact) mass is 462 g/mol. The van der Waals surface area contributed by atoms with Gasteiger partial charge < -0.3 is 16.0 Å². The van der Waals surface area contributed by atoms with Gasteiger partial charge in [-0.25, -0.2) is 4.39 Å². The highest BCUT2D eigenvalue weighted by atomic mass is 19.1. The van der Waals surface area contributed by atoms with E-state index < -0.39 is 16.6 Å². The molecule has 0 saturated heterocycles. The summed E-state index contributed by atoms with van der Waals surface area (Å²) in [6, 6.07) is 16.4. The minimum atomic E-state index is -0.496. The van der Waals surface area contributed by atoms with E-state index in [9.17, 15) is 24.1 Å². The van der Waals surface area contributed by atoms with E-state index in [1.807, 2.05) is 0 Å². The molecular formula is C25H23FN4O4. The maximum absolute atomic E-state index is 13.0. The first-order valence-corrected chi connectivity index (χ1v) is 10.8. The number of amides is 2. The number of halogens is 1. The molecule has 4 rings (SSSR count). The fraction of sp³-hybridized carbons (Fsp3) is 0.200. The largest absolute Gasteiger partial charge is 0.377 e. The summed E-state index contributed by atoms with van der Waals surface area (Å²) in [6.45, 7) is 1.79. The van der Waals surface area contributed by atoms with E-state index in [0.717, 1.165) is 18.4 Å². The number of nitro groups is 1. The Hall–Kier alpha value is -4.27. The topological polar surface area (TPSA) is 113 Å². The average molecular weight is 462 g/mol. The second-order valence-electron chi connectivity index (χ2n) is 8.19. The maximum atomic E-state index is 13.0. The molecule has 174 valence electrons. The third-order valence-electron chi connectivity index (χ3n) is 5.52. The molecule has 0 heterocycles. The molecule has 1 unspecified atom stereocenters. The minimum absolute atomic E-state index is 0.131. The van der Waals surface area contributed by atoms with Gasteiger partial charge in [0.25, 0.3) is 17.5 Å². The van der Waals surface area contributed by atoms with E-state index in [2.05, 4.69) is 16.0 Å². The number of nitrogens with one attached hydrogen (secondary N) is 3. The minimum Gasteiger partial charge on any atom is -0.377 e. The van der Waals surface area contributed by atoms with Gasteiger partial charge in [0, 0.05) is 28.9 Å². The fourth-order valence-corrected chi connectivity index (χ4v) is 3.42. The summed E-state index contributed by atoms with van der Waals surface area (Å²) in [5.74, 6) is -1.21. The van der Waals surface area contributed by atoms with Crippen LogP contribution in [0.3, 0.4) is 0 Å². The molecule has 8 nitrogen and oxygen atoms in total. The predicted molar refractivity (Wildman–Crippen MR) is 126 cm³/mol. The first-order chi connectivity index (χ1) is 16.3. The number of hydrogen-bond acceptors (Lipinski definition) is 5. The van der Waals surface area contributed by atoms with Crippen molar-refractivity contribution in [3.05, 3.63) is 99.4 Å². The van der Waals surface area contributed by atoms with Crippen molar-refractivity contribution in [3.8, 4) is 0 Å². The Labute approximate surface area is 195 Å². The molecule has 0 aliphatic heterocycles. The fourth-order valence-electron chi connectivity index (χ4n) is 3.42. The van der Waals surface area contributed by atoms with Gasteiger partial charge in [-0.1, -0.05) is 12.1 Å². The van der Waals surface area contributed by atoms with Crippen molar-refractivity contribution in [1.82, 2.24) is 5.32 Å². The highest BCUT2D eigenvalue weighted by Crippen LogP contribution is 2.31. The van der Waals surface area contributed by atoms with Crippen LogP contribution in [0.5, 0.6) is 0 Å². The van der Waals surface area contributed by atoms with Crippen LogP contribution >= 0.6 is 0 Å². The van der Waals surface area contributed by atoms with Gasteiger partial charge in [-0.3, -0.25) is 19.7 Å². The molecule has 1 fully saturated rings. The molecule has 0 radical (unpaired) electrons. The van der Waals surface area contributed by atoms with Crippen LogP contribution in [0.1, 0.15) is 52.1 Å². The molecule has 3 N–H and O–H groups in total. The zero-order chi connectivity index (χ0) is 24.2. The van der Waals surface area contributed by atoms with Crippen molar-refractivity contribution in [2.45, 2.75) is 31.8 Å². The number of carbonyl (C=O) groups is 2. The molecule has 1 aliphatic carbocycles. The number of nitro benzene ring substituents is 1. The standard InChI is InChI=1S/C25H23FN4O4/c1-15(16-4-9-21(10-5-16)29-24(31)17-2-7-19(26)8-3-17)27-25(32)18-6-13-22(28-20-11-12-20)23(14-18)30(33)34/h2-10,13-15,20,28H,11-12H2,1H3,(H,27,32)(H,29,31). The van der Waals surface area contributed by atoms with Crippen molar-refractivity contribution in [1.29, 1.82) is 0 Å². The summed E-state index contributed by atoms with van der Waals surface area (Å²) in [5.41, 5.74) is 2.14. The second kappa shape index (κ2) is 9.70. The van der Waals surface area contributed by atoms with Crippen LogP contribution in [0.4, 0.5) is 21.5 Å². The second-order valence-corrected chi connectivity index (χ2v) is 8.19. The number of hydrogen-bond donors (Lipinski definition) is 3. The lowest BCUT2D eigenvalue weighted by molar-refractivity contribution is -0.384. The zero-order valence-electron chi connectivity index (χ0n) is 18.4. The molecular weight excluding hydrogens is 439 g/mol. The molecule has 3 aromatic rings. The summed E-state index contributed by atoms with van der Waals surface area (Å²) >= 11 is 0. The van der Waals surface area contributed by atoms with Gasteiger partial charge in [0.1, 0.15) is 11.5 Å². The van der Waals surface area contributed by atoms with E-state index in [1.54, 1.807) is 43.3 Å². The highest BCUT2D eigenvalue weighted by Gasteiger charge is 2.26. The summed E-state index contributed by atoms with van der Waals surface area (Å²) in [4.78, 5) is 35.9. The summed E-state index contributed by atoms with van der Waals surface area (Å²) in [6.07, 6.45) is 1.96. The van der Waals surface area contributed by atoms with Crippen LogP contribution in [0.25, 0.3) is 0 Å². The Morgan fingerprint density at radius 2 is 1.62 bits per heavy atom. The Bertz CT molecular complexity index is 1220. The Morgan fingerprint density at radius 3 is 2.24 bits per heavy atom. The number of nitrogens with zero attached hydrogens (tertiary/aromatic N) is 1. The van der Waals surface area contributed by atoms with Gasteiger partial charge in [-0.15, -0.1) is 0 Å². The number of carbonyl (C=O) groups excluding carboxylic acids is 2. The van der Waals surface area contributed by atoms with E-state index in [-0.39, 0.29) is 29.2 Å². The third kappa shape index (κ3) is 5.55. The number of rotatable bonds is 8. The van der Waals surface area contributed by atoms with Gasteiger partial charge in [0.05, 0.1) is 11.0 Å². The van der Waals surface area contributed by atoms with Gasteiger partial charge >= 0.3 is 0 Å². The van der Waals surface area contributed by atoms with Crippen molar-refractivity contribution in [2.24, 2.45) is 0 Å². The smallest absolute Gasteiger partial charge is 0.293 e. The molecule has 34 heavy (non-hydrogen) atoms. The molecule has 2 amide bonds. The van der Waals surface area contributed by atoms with E-state index in [0.29, 0.717) is 16.9 Å². The van der Waals surface area contributed by atoms with Crippen LogP contribution < -0.4 is 16.0 Å². The quantitative estimate of drug-likeness (QED) is 0.320. The van der Waals surface area contributed by atoms with E-state index in [4.69, 9.17) is 0 Å². The van der Waals surface area contributed by atoms with Gasteiger partial charge in [-0.05, 0) is 73.9 Å². The van der Waals surface area contributed by atoms with E-state index in [1.165, 1.54) is 30.3 Å². The lowest BCUT2D eigenvalue weighted by Gasteiger charge is -2.15. The van der Waals surface area contributed by atoms with Gasteiger partial charge in [-0.2, -0.15) is 0 Å². The van der Waals surface area contributed by atoms with Gasteiger partial charge in [0.15, 0.2) is 0 Å². The molecule has 3 aromatic carbocycles. The maximum Gasteiger partial charge on any atom is 0.293 e. The number of benzene rings is 3. The SMILES string of the molecule is CC(NC(=O)c1ccc(NC2CC2)c([N+](=O)[O-])c1)c1ccc(NC(=O)c2ccc(F)cc2)cc1. The van der Waals surface area contributed by atoms with Crippen molar-refractivity contribution < 1.29 is 18.9 Å². The molecule has 0 aromatic heterocycles. The Morgan fingerprint density at radius 1 is 0.971 bits per heavy atom. The predicted octanol–water partition coefficient (Wildman–Crippen LogP) is 5.05. The normalized spacial score (nSPS) is 13.6. The molecule has 1 atom stereocenters. The third-order valence-corrected chi connectivity index (χ3v) is 5.52. The molecule has 9 heteroatoms.